The summed E-state index contributed by atoms with van der Waals surface area (Å²) < 4.78 is 0. The van der Waals surface area contributed by atoms with Gasteiger partial charge in [-0.1, -0.05) is 13.8 Å². The van der Waals surface area contributed by atoms with E-state index in [1.165, 1.54) is 5.56 Å². The monoisotopic (exact) mass is 208 g/mol. The first-order chi connectivity index (χ1) is 7.15. The lowest BCUT2D eigenvalue weighted by Crippen LogP contribution is -2.28. The van der Waals surface area contributed by atoms with E-state index in [2.05, 4.69) is 29.1 Å². The zero-order valence-corrected chi connectivity index (χ0v) is 9.99. The van der Waals surface area contributed by atoms with Gasteiger partial charge in [0.25, 0.3) is 0 Å². The molecule has 0 bridgehead atoms. The highest BCUT2D eigenvalue weighted by atomic mass is 15.2. The van der Waals surface area contributed by atoms with Gasteiger partial charge in [-0.3, -0.25) is 0 Å². The van der Waals surface area contributed by atoms with E-state index in [4.69, 9.17) is 0 Å². The van der Waals surface area contributed by atoms with Crippen molar-refractivity contribution in [2.75, 3.05) is 32.1 Å². The van der Waals surface area contributed by atoms with Gasteiger partial charge in [-0.25, -0.2) is 9.97 Å². The Morgan fingerprint density at radius 1 is 1.33 bits per heavy atom. The average Bonchev–Trinajstić information content (AvgIpc) is 2.26. The molecule has 1 aromatic heterocycles. The fourth-order valence-corrected chi connectivity index (χ4v) is 1.21. The maximum absolute atomic E-state index is 4.34. The molecule has 0 atom stereocenters. The number of anilines is 1. The molecule has 0 aliphatic heterocycles. The normalized spacial score (nSPS) is 10.7. The van der Waals surface area contributed by atoms with Crippen LogP contribution in [0.4, 0.5) is 5.95 Å². The van der Waals surface area contributed by atoms with Gasteiger partial charge in [0.1, 0.15) is 0 Å². The van der Waals surface area contributed by atoms with Crippen LogP contribution in [0.3, 0.4) is 0 Å². The van der Waals surface area contributed by atoms with Gasteiger partial charge in [0.2, 0.25) is 5.95 Å². The van der Waals surface area contributed by atoms with Gasteiger partial charge in [0.05, 0.1) is 0 Å². The summed E-state index contributed by atoms with van der Waals surface area (Å²) in [7, 11) is 3.94. The van der Waals surface area contributed by atoms with Crippen LogP contribution < -0.4 is 10.2 Å². The van der Waals surface area contributed by atoms with E-state index in [0.717, 1.165) is 19.0 Å². The zero-order valence-electron chi connectivity index (χ0n) is 9.99. The van der Waals surface area contributed by atoms with E-state index in [-0.39, 0.29) is 0 Å². The number of rotatable bonds is 5. The van der Waals surface area contributed by atoms with Crippen molar-refractivity contribution < 1.29 is 0 Å². The number of hydrogen-bond acceptors (Lipinski definition) is 4. The molecule has 0 unspecified atom stereocenters. The van der Waals surface area contributed by atoms with E-state index < -0.39 is 0 Å². The molecule has 0 amide bonds. The second-order valence-electron chi connectivity index (χ2n) is 4.00. The molecule has 0 aliphatic rings. The molecule has 4 heteroatoms. The highest BCUT2D eigenvalue weighted by molar-refractivity contribution is 5.28. The SMILES string of the molecule is CNCCN(C)c1ncc(C(C)C)cn1. The summed E-state index contributed by atoms with van der Waals surface area (Å²) >= 11 is 0. The predicted molar refractivity (Wildman–Crippen MR) is 63.3 cm³/mol. The molecule has 84 valence electrons. The molecule has 1 rings (SSSR count). The Morgan fingerprint density at radius 2 is 1.93 bits per heavy atom. The first-order valence-corrected chi connectivity index (χ1v) is 5.32. The molecule has 1 aromatic rings. The lowest BCUT2D eigenvalue weighted by atomic mass is 10.1. The molecular weight excluding hydrogens is 188 g/mol. The molecule has 0 fully saturated rings. The van der Waals surface area contributed by atoms with Crippen molar-refractivity contribution in [3.63, 3.8) is 0 Å². The van der Waals surface area contributed by atoms with E-state index >= 15 is 0 Å². The van der Waals surface area contributed by atoms with E-state index in [1.807, 2.05) is 31.4 Å². The number of nitrogens with zero attached hydrogens (tertiary/aromatic N) is 3. The Balaban J connectivity index is 2.62. The second-order valence-corrected chi connectivity index (χ2v) is 4.00. The molecule has 0 aliphatic carbocycles. The summed E-state index contributed by atoms with van der Waals surface area (Å²) in [5.74, 6) is 1.27. The molecule has 0 saturated heterocycles. The van der Waals surface area contributed by atoms with E-state index in [9.17, 15) is 0 Å². The lowest BCUT2D eigenvalue weighted by molar-refractivity contribution is 0.749. The molecular formula is C11H20N4. The maximum atomic E-state index is 4.34. The van der Waals surface area contributed by atoms with E-state index in [1.54, 1.807) is 0 Å². The summed E-state index contributed by atoms with van der Waals surface area (Å²) in [5.41, 5.74) is 1.18. The van der Waals surface area contributed by atoms with Crippen molar-refractivity contribution in [3.8, 4) is 0 Å². The fraction of sp³-hybridized carbons (Fsp3) is 0.636. The van der Waals surface area contributed by atoms with Crippen LogP contribution in [-0.2, 0) is 0 Å². The molecule has 4 nitrogen and oxygen atoms in total. The van der Waals surface area contributed by atoms with Crippen LogP contribution in [0.2, 0.25) is 0 Å². The number of aromatic nitrogens is 2. The summed E-state index contributed by atoms with van der Waals surface area (Å²) in [5, 5.41) is 3.10. The summed E-state index contributed by atoms with van der Waals surface area (Å²) in [4.78, 5) is 10.7. The summed E-state index contributed by atoms with van der Waals surface area (Å²) in [6.45, 7) is 6.13. The third kappa shape index (κ3) is 3.47. The number of hydrogen-bond donors (Lipinski definition) is 1. The molecule has 0 radical (unpaired) electrons. The van der Waals surface area contributed by atoms with Crippen LogP contribution in [0.15, 0.2) is 12.4 Å². The smallest absolute Gasteiger partial charge is 0.225 e. The van der Waals surface area contributed by atoms with Crippen LogP contribution >= 0.6 is 0 Å². The van der Waals surface area contributed by atoms with Gasteiger partial charge < -0.3 is 10.2 Å². The minimum atomic E-state index is 0.488. The van der Waals surface area contributed by atoms with Gasteiger partial charge in [0.15, 0.2) is 0 Å². The molecule has 15 heavy (non-hydrogen) atoms. The average molecular weight is 208 g/mol. The maximum Gasteiger partial charge on any atom is 0.225 e. The minimum Gasteiger partial charge on any atom is -0.343 e. The fourth-order valence-electron chi connectivity index (χ4n) is 1.21. The van der Waals surface area contributed by atoms with Crippen LogP contribution in [0.5, 0.6) is 0 Å². The van der Waals surface area contributed by atoms with Crippen LogP contribution in [0.25, 0.3) is 0 Å². The third-order valence-corrected chi connectivity index (χ3v) is 2.36. The van der Waals surface area contributed by atoms with Crippen molar-refractivity contribution >= 4 is 5.95 Å². The van der Waals surface area contributed by atoms with Crippen molar-refractivity contribution in [3.05, 3.63) is 18.0 Å². The largest absolute Gasteiger partial charge is 0.343 e. The van der Waals surface area contributed by atoms with Gasteiger partial charge in [-0.15, -0.1) is 0 Å². The Bertz CT molecular complexity index is 281. The standard InChI is InChI=1S/C11H20N4/c1-9(2)10-7-13-11(14-8-10)15(4)6-5-12-3/h7-9,12H,5-6H2,1-4H3. The number of likely N-dealkylation sites (N-methyl/N-ethyl adjacent to an activating group) is 2. The molecule has 0 saturated carbocycles. The topological polar surface area (TPSA) is 41.0 Å². The van der Waals surface area contributed by atoms with Crippen LogP contribution in [0.1, 0.15) is 25.3 Å². The van der Waals surface area contributed by atoms with Crippen molar-refractivity contribution in [1.82, 2.24) is 15.3 Å². The first-order valence-electron chi connectivity index (χ1n) is 5.32. The molecule has 0 aromatic carbocycles. The van der Waals surface area contributed by atoms with Crippen LogP contribution in [0, 0.1) is 0 Å². The van der Waals surface area contributed by atoms with Gasteiger partial charge >= 0.3 is 0 Å². The quantitative estimate of drug-likeness (QED) is 0.791. The predicted octanol–water partition coefficient (Wildman–Crippen LogP) is 1.26. The number of nitrogens with one attached hydrogen (secondary N) is 1. The Morgan fingerprint density at radius 3 is 2.40 bits per heavy atom. The van der Waals surface area contributed by atoms with E-state index in [0.29, 0.717) is 5.92 Å². The molecule has 1 heterocycles. The minimum absolute atomic E-state index is 0.488. The molecule has 1 N–H and O–H groups in total. The van der Waals surface area contributed by atoms with Crippen molar-refractivity contribution in [2.45, 2.75) is 19.8 Å². The van der Waals surface area contributed by atoms with Crippen molar-refractivity contribution in [1.29, 1.82) is 0 Å². The summed E-state index contributed by atoms with van der Waals surface area (Å²) in [6, 6.07) is 0. The molecule has 0 spiro atoms. The van der Waals surface area contributed by atoms with Crippen molar-refractivity contribution in [2.24, 2.45) is 0 Å². The highest BCUT2D eigenvalue weighted by Gasteiger charge is 2.04. The summed E-state index contributed by atoms with van der Waals surface area (Å²) in [6.07, 6.45) is 3.81. The third-order valence-electron chi connectivity index (χ3n) is 2.36. The Hall–Kier alpha value is -1.16. The van der Waals surface area contributed by atoms with Gasteiger partial charge in [-0.05, 0) is 18.5 Å². The van der Waals surface area contributed by atoms with Crippen LogP contribution in [-0.4, -0.2) is 37.2 Å². The highest BCUT2D eigenvalue weighted by Crippen LogP contribution is 2.13. The van der Waals surface area contributed by atoms with Gasteiger partial charge in [0, 0.05) is 32.5 Å². The lowest BCUT2D eigenvalue weighted by Gasteiger charge is -2.16. The first kappa shape index (κ1) is 11.9. The van der Waals surface area contributed by atoms with Gasteiger partial charge in [-0.2, -0.15) is 0 Å². The Labute approximate surface area is 91.7 Å². The zero-order chi connectivity index (χ0) is 11.3. The second kappa shape index (κ2) is 5.66. The Kier molecular flexibility index (Phi) is 4.49.